The van der Waals surface area contributed by atoms with Crippen LogP contribution in [0.5, 0.6) is 0 Å². The number of rotatable bonds is 2. The van der Waals surface area contributed by atoms with Gasteiger partial charge < -0.3 is 0 Å². The largest absolute Gasteiger partial charge is 0.198 e. The third-order valence-electron chi connectivity index (χ3n) is 0.451. The van der Waals surface area contributed by atoms with Crippen LogP contribution < -0.4 is 0 Å². The minimum atomic E-state index is 0.488. The lowest BCUT2D eigenvalue weighted by molar-refractivity contribution is 1.13. The molecule has 38 valence electrons. The summed E-state index contributed by atoms with van der Waals surface area (Å²) < 4.78 is 0.613. The molecular formula is C4H5NS2. The summed E-state index contributed by atoms with van der Waals surface area (Å²) in [6, 6.07) is 1.96. The van der Waals surface area contributed by atoms with Crippen molar-refractivity contribution in [3.8, 4) is 6.07 Å². The molecule has 0 aromatic heterocycles. The lowest BCUT2D eigenvalue weighted by Crippen LogP contribution is -1.77. The number of nitrogens with zero attached hydrogens (tertiary/aromatic N) is 1. The van der Waals surface area contributed by atoms with Gasteiger partial charge in [-0.3, -0.25) is 0 Å². The molecule has 0 amide bonds. The molecule has 0 aliphatic heterocycles. The van der Waals surface area contributed by atoms with Crippen molar-refractivity contribution < 1.29 is 0 Å². The van der Waals surface area contributed by atoms with E-state index in [0.717, 1.165) is 0 Å². The number of nitriles is 1. The van der Waals surface area contributed by atoms with E-state index in [-0.39, 0.29) is 0 Å². The van der Waals surface area contributed by atoms with Crippen molar-refractivity contribution in [1.29, 1.82) is 5.26 Å². The van der Waals surface area contributed by atoms with E-state index in [4.69, 9.17) is 5.26 Å². The van der Waals surface area contributed by atoms with E-state index in [0.29, 0.717) is 17.0 Å². The van der Waals surface area contributed by atoms with Crippen molar-refractivity contribution in [3.63, 3.8) is 0 Å². The fourth-order valence-electron chi connectivity index (χ4n) is 0.163. The molecule has 0 unspecified atom stereocenters. The lowest BCUT2D eigenvalue weighted by Gasteiger charge is -1.81. The molecule has 0 aromatic rings. The zero-order valence-electron chi connectivity index (χ0n) is 3.72. The zero-order chi connectivity index (χ0) is 5.70. The van der Waals surface area contributed by atoms with Crippen molar-refractivity contribution >= 4 is 29.0 Å². The molecular weight excluding hydrogens is 126 g/mol. The average molecular weight is 131 g/mol. The van der Waals surface area contributed by atoms with Gasteiger partial charge in [-0.05, 0) is 0 Å². The second-order valence-electron chi connectivity index (χ2n) is 1.05. The third kappa shape index (κ3) is 5.93. The molecule has 0 spiro atoms. The molecule has 0 radical (unpaired) electrons. The summed E-state index contributed by atoms with van der Waals surface area (Å²) in [6.45, 7) is 0. The van der Waals surface area contributed by atoms with E-state index in [1.807, 2.05) is 6.07 Å². The highest BCUT2D eigenvalue weighted by Crippen LogP contribution is 1.93. The normalized spacial score (nSPS) is 7.43. The van der Waals surface area contributed by atoms with Gasteiger partial charge in [0.25, 0.3) is 0 Å². The van der Waals surface area contributed by atoms with Gasteiger partial charge in [0, 0.05) is 17.0 Å². The van der Waals surface area contributed by atoms with Gasteiger partial charge in [0.2, 0.25) is 0 Å². The molecule has 0 saturated carbocycles. The Morgan fingerprint density at radius 1 is 1.86 bits per heavy atom. The average Bonchev–Trinajstić information content (AvgIpc) is 1.61. The summed E-state index contributed by atoms with van der Waals surface area (Å²) in [5.41, 5.74) is 0. The van der Waals surface area contributed by atoms with Gasteiger partial charge in [0.05, 0.1) is 6.07 Å². The second-order valence-corrected chi connectivity index (χ2v) is 2.39. The number of hydrogen-bond acceptors (Lipinski definition) is 2. The van der Waals surface area contributed by atoms with Crippen LogP contribution in [0.15, 0.2) is 0 Å². The van der Waals surface area contributed by atoms with Crippen LogP contribution >= 0.6 is 24.8 Å². The van der Waals surface area contributed by atoms with Crippen molar-refractivity contribution in [3.05, 3.63) is 0 Å². The molecule has 0 N–H and O–H groups in total. The summed E-state index contributed by atoms with van der Waals surface area (Å²) in [5, 5.41) is 7.97. The molecule has 7 heavy (non-hydrogen) atoms. The van der Waals surface area contributed by atoms with Crippen molar-refractivity contribution in [1.82, 2.24) is 0 Å². The lowest BCUT2D eigenvalue weighted by atomic mass is 10.4. The van der Waals surface area contributed by atoms with Gasteiger partial charge in [-0.25, -0.2) is 0 Å². The van der Waals surface area contributed by atoms with Crippen LogP contribution in [0.3, 0.4) is 0 Å². The molecule has 0 aliphatic rings. The monoisotopic (exact) mass is 131 g/mol. The van der Waals surface area contributed by atoms with Crippen LogP contribution in [0, 0.1) is 11.3 Å². The highest BCUT2D eigenvalue weighted by atomic mass is 32.1. The van der Waals surface area contributed by atoms with E-state index in [2.05, 4.69) is 24.8 Å². The van der Waals surface area contributed by atoms with Crippen LogP contribution in [0.1, 0.15) is 12.8 Å². The Kier molecular flexibility index (Phi) is 4.06. The van der Waals surface area contributed by atoms with Gasteiger partial charge in [-0.2, -0.15) is 5.26 Å². The molecule has 0 aromatic carbocycles. The van der Waals surface area contributed by atoms with E-state index < -0.39 is 0 Å². The van der Waals surface area contributed by atoms with Crippen molar-refractivity contribution in [2.45, 2.75) is 12.8 Å². The molecule has 3 heteroatoms. The summed E-state index contributed by atoms with van der Waals surface area (Å²) in [4.78, 5) is 0. The molecule has 0 bridgehead atoms. The fourth-order valence-corrected chi connectivity index (χ4v) is 0.377. The molecule has 0 atom stereocenters. The first-order valence-corrected chi connectivity index (χ1v) is 2.71. The molecule has 1 nitrogen and oxygen atoms in total. The van der Waals surface area contributed by atoms with E-state index in [9.17, 15) is 0 Å². The Morgan fingerprint density at radius 3 is 2.57 bits per heavy atom. The molecule has 0 fully saturated rings. The van der Waals surface area contributed by atoms with Crippen LogP contribution in [0.2, 0.25) is 0 Å². The van der Waals surface area contributed by atoms with Gasteiger partial charge in [-0.15, -0.1) is 12.6 Å². The molecule has 0 aliphatic carbocycles. The first-order chi connectivity index (χ1) is 3.27. The number of thiocarbonyl (C=S) groups is 1. The van der Waals surface area contributed by atoms with Crippen LogP contribution in [-0.4, -0.2) is 4.20 Å². The number of thiol groups is 1. The highest BCUT2D eigenvalue weighted by Gasteiger charge is 1.84. The highest BCUT2D eigenvalue weighted by molar-refractivity contribution is 8.11. The minimum Gasteiger partial charge on any atom is -0.198 e. The predicted octanol–water partition coefficient (Wildman–Crippen LogP) is 1.55. The minimum absolute atomic E-state index is 0.488. The summed E-state index contributed by atoms with van der Waals surface area (Å²) in [5.74, 6) is 0. The zero-order valence-corrected chi connectivity index (χ0v) is 5.43. The molecule has 0 saturated heterocycles. The van der Waals surface area contributed by atoms with Crippen LogP contribution in [0.25, 0.3) is 0 Å². The Balaban J connectivity index is 3.02. The SMILES string of the molecule is N#CCCC(=S)S. The Bertz CT molecular complexity index is 103. The first-order valence-electron chi connectivity index (χ1n) is 1.86. The molecule has 0 heterocycles. The van der Waals surface area contributed by atoms with Gasteiger partial charge in [0.1, 0.15) is 0 Å². The van der Waals surface area contributed by atoms with E-state index in [1.165, 1.54) is 0 Å². The quantitative estimate of drug-likeness (QED) is 0.454. The smallest absolute Gasteiger partial charge is 0.0625 e. The third-order valence-corrected chi connectivity index (χ3v) is 0.878. The number of hydrogen-bond donors (Lipinski definition) is 1. The van der Waals surface area contributed by atoms with E-state index >= 15 is 0 Å². The van der Waals surface area contributed by atoms with Crippen LogP contribution in [-0.2, 0) is 0 Å². The molecule has 0 rings (SSSR count). The Hall–Kier alpha value is -0.0700. The summed E-state index contributed by atoms with van der Waals surface area (Å²) in [7, 11) is 0. The second kappa shape index (κ2) is 4.10. The summed E-state index contributed by atoms with van der Waals surface area (Å²) >= 11 is 8.39. The van der Waals surface area contributed by atoms with Gasteiger partial charge in [0.15, 0.2) is 0 Å². The summed E-state index contributed by atoms with van der Waals surface area (Å²) in [6.07, 6.45) is 1.12. The Labute approximate surface area is 53.7 Å². The van der Waals surface area contributed by atoms with Crippen LogP contribution in [0.4, 0.5) is 0 Å². The maximum Gasteiger partial charge on any atom is 0.0625 e. The topological polar surface area (TPSA) is 23.8 Å². The van der Waals surface area contributed by atoms with Crippen molar-refractivity contribution in [2.24, 2.45) is 0 Å². The Morgan fingerprint density at radius 2 is 2.43 bits per heavy atom. The standard InChI is InChI=1S/C4H5NS2/c5-3-1-2-4(6)7/h1-2H2,(H,6,7). The predicted molar refractivity (Wildman–Crippen MR) is 36.4 cm³/mol. The fraction of sp³-hybridized carbons (Fsp3) is 0.500. The van der Waals surface area contributed by atoms with Crippen molar-refractivity contribution in [2.75, 3.05) is 0 Å². The van der Waals surface area contributed by atoms with E-state index in [1.54, 1.807) is 0 Å². The maximum absolute atomic E-state index is 7.97. The first kappa shape index (κ1) is 6.93. The van der Waals surface area contributed by atoms with Gasteiger partial charge in [-0.1, -0.05) is 12.2 Å². The van der Waals surface area contributed by atoms with Gasteiger partial charge >= 0.3 is 0 Å². The maximum atomic E-state index is 7.97.